The second-order valence-corrected chi connectivity index (χ2v) is 10.7. The number of aromatic nitrogens is 3. The molecule has 2 fully saturated rings. The number of benzene rings is 2. The molecule has 2 saturated carbocycles. The summed E-state index contributed by atoms with van der Waals surface area (Å²) in [5.41, 5.74) is 3.33. The average Bonchev–Trinajstić information content (AvgIpc) is 3.56. The standard InChI is InChI=1S/C22H25N5O5S/c1-26(21-15-7-6-14(12-15)20(21)22(28)24-29)33(30,31)17-10-8-16(9-11-17)32-13-27-19-5-3-2-4-18(19)23-25-27/h2-5,8-11,14-15,20-21,29H,6-7,12-13H2,1H3,(H,24,28)/t14?,15?,20-,21+/m0/s1. The Kier molecular flexibility index (Phi) is 5.55. The molecular formula is C22H25N5O5S. The van der Waals surface area contributed by atoms with Gasteiger partial charge in [-0.2, -0.15) is 4.31 Å². The third-order valence-corrected chi connectivity index (χ3v) is 8.85. The molecular weight excluding hydrogens is 446 g/mol. The van der Waals surface area contributed by atoms with Crippen molar-refractivity contribution in [3.05, 3.63) is 48.5 Å². The quantitative estimate of drug-likeness (QED) is 0.399. The van der Waals surface area contributed by atoms with Crippen molar-refractivity contribution in [2.45, 2.75) is 36.9 Å². The van der Waals surface area contributed by atoms with E-state index in [2.05, 4.69) is 10.3 Å². The lowest BCUT2D eigenvalue weighted by Crippen LogP contribution is -2.50. The molecule has 2 aromatic carbocycles. The van der Waals surface area contributed by atoms with Gasteiger partial charge in [0.2, 0.25) is 15.9 Å². The number of nitrogens with one attached hydrogen (secondary N) is 1. The Bertz CT molecular complexity index is 1280. The highest BCUT2D eigenvalue weighted by Gasteiger charge is 2.54. The number of ether oxygens (including phenoxy) is 1. The molecule has 1 aromatic heterocycles. The van der Waals surface area contributed by atoms with Crippen molar-refractivity contribution >= 4 is 27.0 Å². The van der Waals surface area contributed by atoms with Crippen molar-refractivity contribution in [3.8, 4) is 5.75 Å². The largest absolute Gasteiger partial charge is 0.471 e. The molecule has 1 amide bonds. The predicted molar refractivity (Wildman–Crippen MR) is 118 cm³/mol. The van der Waals surface area contributed by atoms with Crippen molar-refractivity contribution in [2.24, 2.45) is 17.8 Å². The van der Waals surface area contributed by atoms with Crippen molar-refractivity contribution in [3.63, 3.8) is 0 Å². The Morgan fingerprint density at radius 1 is 1.18 bits per heavy atom. The summed E-state index contributed by atoms with van der Waals surface area (Å²) < 4.78 is 35.3. The van der Waals surface area contributed by atoms with Gasteiger partial charge in [-0.15, -0.1) is 5.10 Å². The Hall–Kier alpha value is -3.02. The molecule has 2 N–H and O–H groups in total. The molecule has 0 saturated heterocycles. The normalized spacial score (nSPS) is 24.5. The second-order valence-electron chi connectivity index (χ2n) is 8.67. The number of para-hydroxylation sites is 1. The fourth-order valence-electron chi connectivity index (χ4n) is 5.41. The number of carbonyl (C=O) groups excluding carboxylic acids is 1. The highest BCUT2D eigenvalue weighted by atomic mass is 32.2. The Labute approximate surface area is 191 Å². The van der Waals surface area contributed by atoms with Gasteiger partial charge >= 0.3 is 0 Å². The molecule has 0 radical (unpaired) electrons. The van der Waals surface area contributed by atoms with Gasteiger partial charge in [0.1, 0.15) is 11.3 Å². The fraction of sp³-hybridized carbons (Fsp3) is 0.409. The highest BCUT2D eigenvalue weighted by Crippen LogP contribution is 2.51. The minimum absolute atomic E-state index is 0.0912. The van der Waals surface area contributed by atoms with E-state index in [1.54, 1.807) is 22.3 Å². The molecule has 2 unspecified atom stereocenters. The first-order chi connectivity index (χ1) is 15.9. The van der Waals surface area contributed by atoms with Crippen LogP contribution in [-0.4, -0.2) is 51.9 Å². The van der Waals surface area contributed by atoms with Crippen LogP contribution < -0.4 is 10.2 Å². The third-order valence-electron chi connectivity index (χ3n) is 6.98. The Balaban J connectivity index is 1.31. The van der Waals surface area contributed by atoms with Crippen LogP contribution in [0.25, 0.3) is 11.0 Å². The van der Waals surface area contributed by atoms with Gasteiger partial charge in [-0.1, -0.05) is 17.3 Å². The first kappa shape index (κ1) is 21.8. The van der Waals surface area contributed by atoms with Crippen LogP contribution in [0.3, 0.4) is 0 Å². The third kappa shape index (κ3) is 3.75. The van der Waals surface area contributed by atoms with E-state index in [0.717, 1.165) is 30.3 Å². The summed E-state index contributed by atoms with van der Waals surface area (Å²) >= 11 is 0. The molecule has 0 aliphatic heterocycles. The maximum Gasteiger partial charge on any atom is 0.248 e. The fourth-order valence-corrected chi connectivity index (χ4v) is 6.85. The zero-order chi connectivity index (χ0) is 23.2. The van der Waals surface area contributed by atoms with E-state index >= 15 is 0 Å². The molecule has 2 bridgehead atoms. The molecule has 10 nitrogen and oxygen atoms in total. The summed E-state index contributed by atoms with van der Waals surface area (Å²) in [6.07, 6.45) is 2.56. The van der Waals surface area contributed by atoms with Crippen LogP contribution in [0.15, 0.2) is 53.4 Å². The summed E-state index contributed by atoms with van der Waals surface area (Å²) in [6.45, 7) is 0.135. The lowest BCUT2D eigenvalue weighted by atomic mass is 9.84. The molecule has 5 rings (SSSR count). The number of hydrogen-bond acceptors (Lipinski definition) is 7. The zero-order valence-electron chi connectivity index (χ0n) is 18.0. The summed E-state index contributed by atoms with van der Waals surface area (Å²) in [5.74, 6) is -0.369. The molecule has 0 spiro atoms. The lowest BCUT2D eigenvalue weighted by Gasteiger charge is -2.35. The van der Waals surface area contributed by atoms with E-state index in [4.69, 9.17) is 9.94 Å². The summed E-state index contributed by atoms with van der Waals surface area (Å²) in [5, 5.41) is 17.3. The van der Waals surface area contributed by atoms with Crippen LogP contribution >= 0.6 is 0 Å². The number of amides is 1. The van der Waals surface area contributed by atoms with E-state index in [1.165, 1.54) is 23.5 Å². The summed E-state index contributed by atoms with van der Waals surface area (Å²) in [7, 11) is -2.32. The van der Waals surface area contributed by atoms with Crippen molar-refractivity contribution in [1.29, 1.82) is 0 Å². The monoisotopic (exact) mass is 471 g/mol. The minimum atomic E-state index is -3.83. The van der Waals surface area contributed by atoms with Crippen LogP contribution in [0.1, 0.15) is 19.3 Å². The van der Waals surface area contributed by atoms with Gasteiger partial charge in [0.05, 0.1) is 16.3 Å². The lowest BCUT2D eigenvalue weighted by molar-refractivity contribution is -0.136. The van der Waals surface area contributed by atoms with E-state index < -0.39 is 27.9 Å². The number of fused-ring (bicyclic) bond motifs is 3. The Morgan fingerprint density at radius 2 is 1.91 bits per heavy atom. The van der Waals surface area contributed by atoms with Crippen LogP contribution in [0, 0.1) is 17.8 Å². The van der Waals surface area contributed by atoms with Crippen molar-refractivity contribution in [2.75, 3.05) is 7.05 Å². The minimum Gasteiger partial charge on any atom is -0.471 e. The van der Waals surface area contributed by atoms with E-state index in [9.17, 15) is 13.2 Å². The van der Waals surface area contributed by atoms with Gasteiger partial charge in [-0.25, -0.2) is 18.6 Å². The molecule has 11 heteroatoms. The number of carbonyl (C=O) groups is 1. The highest BCUT2D eigenvalue weighted by molar-refractivity contribution is 7.89. The molecule has 2 aliphatic rings. The predicted octanol–water partition coefficient (Wildman–Crippen LogP) is 2.01. The molecule has 4 atom stereocenters. The van der Waals surface area contributed by atoms with Gasteiger partial charge in [-0.05, 0) is 67.5 Å². The van der Waals surface area contributed by atoms with Gasteiger partial charge in [0.25, 0.3) is 0 Å². The van der Waals surface area contributed by atoms with Crippen molar-refractivity contribution in [1.82, 2.24) is 24.8 Å². The maximum absolute atomic E-state index is 13.3. The van der Waals surface area contributed by atoms with Gasteiger partial charge in [0.15, 0.2) is 6.73 Å². The van der Waals surface area contributed by atoms with Crippen LogP contribution in [-0.2, 0) is 21.5 Å². The van der Waals surface area contributed by atoms with Gasteiger partial charge in [0, 0.05) is 13.1 Å². The molecule has 2 aliphatic carbocycles. The second kappa shape index (κ2) is 8.40. The van der Waals surface area contributed by atoms with E-state index in [-0.39, 0.29) is 23.5 Å². The van der Waals surface area contributed by atoms with Gasteiger partial charge in [-0.3, -0.25) is 10.0 Å². The Morgan fingerprint density at radius 3 is 2.67 bits per heavy atom. The van der Waals surface area contributed by atoms with E-state index in [0.29, 0.717) is 5.75 Å². The SMILES string of the molecule is CN([C@@H]1C2CCC(C2)[C@@H]1C(=O)NO)S(=O)(=O)c1ccc(OCn2nnc3ccccc32)cc1. The van der Waals surface area contributed by atoms with Crippen LogP contribution in [0.4, 0.5) is 0 Å². The molecule has 1 heterocycles. The number of hydroxylamine groups is 1. The summed E-state index contributed by atoms with van der Waals surface area (Å²) in [6, 6.07) is 13.2. The van der Waals surface area contributed by atoms with Gasteiger partial charge < -0.3 is 4.74 Å². The zero-order valence-corrected chi connectivity index (χ0v) is 18.9. The topological polar surface area (TPSA) is 127 Å². The first-order valence-electron chi connectivity index (χ1n) is 10.8. The molecule has 3 aromatic rings. The van der Waals surface area contributed by atoms with E-state index in [1.807, 2.05) is 24.3 Å². The number of nitrogens with zero attached hydrogens (tertiary/aromatic N) is 4. The first-order valence-corrected chi connectivity index (χ1v) is 12.3. The number of sulfonamides is 1. The molecule has 174 valence electrons. The average molecular weight is 472 g/mol. The number of rotatable bonds is 7. The van der Waals surface area contributed by atoms with Crippen LogP contribution in [0.2, 0.25) is 0 Å². The summed E-state index contributed by atoms with van der Waals surface area (Å²) in [4.78, 5) is 12.4. The van der Waals surface area contributed by atoms with Crippen LogP contribution in [0.5, 0.6) is 5.75 Å². The maximum atomic E-state index is 13.3. The number of hydrogen-bond donors (Lipinski definition) is 2. The van der Waals surface area contributed by atoms with Crippen molar-refractivity contribution < 1.29 is 23.2 Å². The smallest absolute Gasteiger partial charge is 0.248 e. The molecule has 33 heavy (non-hydrogen) atoms.